The summed E-state index contributed by atoms with van der Waals surface area (Å²) < 4.78 is 40.2. The Labute approximate surface area is 272 Å². The van der Waals surface area contributed by atoms with Gasteiger partial charge in [0.15, 0.2) is 0 Å². The maximum Gasteiger partial charge on any atom is 0.416 e. The van der Waals surface area contributed by atoms with Crippen LogP contribution < -0.4 is 0 Å². The molecule has 3 heterocycles. The molecule has 1 atom stereocenters. The van der Waals surface area contributed by atoms with Crippen molar-refractivity contribution in [2.75, 3.05) is 39.3 Å². The lowest BCUT2D eigenvalue weighted by atomic mass is 10.00. The van der Waals surface area contributed by atoms with Crippen LogP contribution >= 0.6 is 60.4 Å². The number of carbonyl (C=O) groups is 1. The third kappa shape index (κ3) is 9.11. The van der Waals surface area contributed by atoms with Crippen molar-refractivity contribution in [3.8, 4) is 0 Å². The molecule has 230 valence electrons. The number of aromatic nitrogens is 1. The summed E-state index contributed by atoms with van der Waals surface area (Å²) in [5.41, 5.74) is 2.46. The molecule has 2 aliphatic rings. The normalized spacial score (nSPS) is 17.4. The first kappa shape index (κ1) is 36.4. The second-order valence-electron chi connectivity index (χ2n) is 10.1. The molecule has 0 bridgehead atoms. The minimum atomic E-state index is -4.59. The summed E-state index contributed by atoms with van der Waals surface area (Å²) in [5, 5.41) is 0.508. The van der Waals surface area contributed by atoms with Crippen molar-refractivity contribution in [2.24, 2.45) is 0 Å². The molecule has 13 heteroatoms. The highest BCUT2D eigenvalue weighted by Gasteiger charge is 2.35. The van der Waals surface area contributed by atoms with Crippen LogP contribution in [0, 0.1) is 0 Å². The third-order valence-corrected chi connectivity index (χ3v) is 7.93. The Morgan fingerprint density at radius 2 is 1.62 bits per heavy atom. The average molecular weight is 687 g/mol. The molecule has 0 spiro atoms. The summed E-state index contributed by atoms with van der Waals surface area (Å²) in [6.45, 7) is 5.22. The van der Waals surface area contributed by atoms with E-state index in [1.807, 2.05) is 24.4 Å². The Morgan fingerprint density at radius 1 is 0.905 bits per heavy atom. The Hall–Kier alpha value is -1.78. The minimum Gasteiger partial charge on any atom is -0.333 e. The molecule has 2 aromatic carbocycles. The smallest absolute Gasteiger partial charge is 0.333 e. The first-order valence-corrected chi connectivity index (χ1v) is 13.7. The van der Waals surface area contributed by atoms with Gasteiger partial charge in [-0.1, -0.05) is 41.4 Å². The van der Waals surface area contributed by atoms with E-state index in [0.29, 0.717) is 31.1 Å². The predicted octanol–water partition coefficient (Wildman–Crippen LogP) is 7.10. The monoisotopic (exact) mass is 684 g/mol. The number of nitrogens with zero attached hydrogens (tertiary/aromatic N) is 4. The van der Waals surface area contributed by atoms with Gasteiger partial charge >= 0.3 is 6.18 Å². The number of alkyl halides is 3. The fourth-order valence-corrected chi connectivity index (χ4v) is 5.76. The van der Waals surface area contributed by atoms with Crippen LogP contribution in [0.4, 0.5) is 13.2 Å². The van der Waals surface area contributed by atoms with Gasteiger partial charge in [-0.25, -0.2) is 0 Å². The van der Waals surface area contributed by atoms with Crippen LogP contribution in [0.5, 0.6) is 0 Å². The van der Waals surface area contributed by atoms with Crippen LogP contribution in [0.2, 0.25) is 10.0 Å². The van der Waals surface area contributed by atoms with Gasteiger partial charge in [0.05, 0.1) is 5.56 Å². The zero-order valence-corrected chi connectivity index (χ0v) is 26.5. The summed E-state index contributed by atoms with van der Waals surface area (Å²) in [7, 11) is 0. The summed E-state index contributed by atoms with van der Waals surface area (Å²) in [4.78, 5) is 24.5. The maximum atomic E-state index is 13.6. The average Bonchev–Trinajstić information content (AvgIpc) is 2.92. The predicted molar refractivity (Wildman–Crippen MR) is 168 cm³/mol. The van der Waals surface area contributed by atoms with Crippen molar-refractivity contribution in [3.63, 3.8) is 0 Å². The van der Waals surface area contributed by atoms with E-state index >= 15 is 0 Å². The van der Waals surface area contributed by atoms with E-state index in [1.54, 1.807) is 17.0 Å². The van der Waals surface area contributed by atoms with Crippen molar-refractivity contribution in [3.05, 3.63) is 98.8 Å². The molecule has 1 amide bonds. The van der Waals surface area contributed by atoms with E-state index in [0.717, 1.165) is 50.3 Å². The van der Waals surface area contributed by atoms with E-state index < -0.39 is 17.6 Å². The van der Waals surface area contributed by atoms with Gasteiger partial charge in [-0.2, -0.15) is 13.2 Å². The number of pyridine rings is 1. The highest BCUT2D eigenvalue weighted by Crippen LogP contribution is 2.32. The Bertz CT molecular complexity index is 1330. The van der Waals surface area contributed by atoms with Gasteiger partial charge in [0.1, 0.15) is 0 Å². The molecule has 0 N–H and O–H groups in total. The molecule has 1 saturated heterocycles. The fraction of sp³-hybridized carbons (Fsp3) is 0.379. The van der Waals surface area contributed by atoms with Crippen molar-refractivity contribution in [1.82, 2.24) is 19.7 Å². The van der Waals surface area contributed by atoms with Crippen molar-refractivity contribution in [1.29, 1.82) is 0 Å². The van der Waals surface area contributed by atoms with Crippen molar-refractivity contribution >= 4 is 66.3 Å². The second-order valence-corrected chi connectivity index (χ2v) is 11.0. The van der Waals surface area contributed by atoms with Gasteiger partial charge in [0.25, 0.3) is 5.91 Å². The lowest BCUT2D eigenvalue weighted by molar-refractivity contribution is -0.137. The van der Waals surface area contributed by atoms with Crippen LogP contribution in [-0.4, -0.2) is 70.9 Å². The molecule has 2 aliphatic heterocycles. The molecule has 5 rings (SSSR count). The number of rotatable bonds is 6. The molecule has 0 unspecified atom stereocenters. The Morgan fingerprint density at radius 3 is 2.33 bits per heavy atom. The van der Waals surface area contributed by atoms with Crippen molar-refractivity contribution < 1.29 is 18.0 Å². The number of hydrogen-bond donors (Lipinski definition) is 0. The molecule has 1 fully saturated rings. The number of amides is 1. The van der Waals surface area contributed by atoms with E-state index in [-0.39, 0.29) is 53.8 Å². The maximum absolute atomic E-state index is 13.6. The van der Waals surface area contributed by atoms with Gasteiger partial charge in [-0.15, -0.1) is 37.2 Å². The number of halogens is 8. The minimum absolute atomic E-state index is 0. The van der Waals surface area contributed by atoms with E-state index in [2.05, 4.69) is 20.9 Å². The number of hydrogen-bond acceptors (Lipinski definition) is 4. The molecule has 3 aromatic rings. The summed E-state index contributed by atoms with van der Waals surface area (Å²) in [6, 6.07) is 14.4. The van der Waals surface area contributed by atoms with Gasteiger partial charge in [0, 0.05) is 85.8 Å². The van der Waals surface area contributed by atoms with Gasteiger partial charge in [-0.05, 0) is 53.9 Å². The first-order valence-electron chi connectivity index (χ1n) is 13.0. The third-order valence-electron chi connectivity index (χ3n) is 7.46. The molecular formula is C29H32Cl5F3N4O. The number of piperazine rings is 1. The Kier molecular flexibility index (Phi) is 13.7. The zero-order valence-electron chi connectivity index (χ0n) is 22.5. The molecule has 0 radical (unpaired) electrons. The lowest BCUT2D eigenvalue weighted by Gasteiger charge is -2.42. The lowest BCUT2D eigenvalue weighted by Crippen LogP contribution is -2.57. The molecular weight excluding hydrogens is 655 g/mol. The summed E-state index contributed by atoms with van der Waals surface area (Å²) >= 11 is 12.1. The van der Waals surface area contributed by atoms with Crippen LogP contribution in [0.15, 0.2) is 60.8 Å². The summed E-state index contributed by atoms with van der Waals surface area (Å²) in [6.07, 6.45) is -1.26. The molecule has 5 nitrogen and oxygen atoms in total. The molecule has 0 saturated carbocycles. The topological polar surface area (TPSA) is 39.7 Å². The second kappa shape index (κ2) is 15.8. The fourth-order valence-electron chi connectivity index (χ4n) is 5.40. The van der Waals surface area contributed by atoms with Crippen LogP contribution in [-0.2, 0) is 25.6 Å². The van der Waals surface area contributed by atoms with Gasteiger partial charge in [0.2, 0.25) is 0 Å². The van der Waals surface area contributed by atoms with Crippen LogP contribution in [0.3, 0.4) is 0 Å². The highest BCUT2D eigenvalue weighted by molar-refractivity contribution is 6.31. The van der Waals surface area contributed by atoms with E-state index in [9.17, 15) is 18.0 Å². The van der Waals surface area contributed by atoms with Crippen LogP contribution in [0.25, 0.3) is 0 Å². The van der Waals surface area contributed by atoms with Gasteiger partial charge < -0.3 is 4.90 Å². The Balaban J connectivity index is 0.00000205. The number of fused-ring (bicyclic) bond motifs is 1. The molecule has 1 aromatic heterocycles. The standard InChI is InChI=1S/C29H29Cl2F3N4O.3ClH/c30-24-5-3-20(4-6-24)14-26-19-37(11-10-36-9-7-27-21(18-36)2-1-8-35-27)12-13-38(26)28(39)22-15-23(29(32,33)34)17-25(31)16-22;;;/h1-6,8,15-17,26H,7,9-14,18-19H2;3*1H/t26-;;;/m1.../s1. The number of carbonyl (C=O) groups excluding carboxylic acids is 1. The van der Waals surface area contributed by atoms with E-state index in [4.69, 9.17) is 23.2 Å². The van der Waals surface area contributed by atoms with Crippen LogP contribution in [0.1, 0.15) is 32.7 Å². The zero-order chi connectivity index (χ0) is 27.6. The summed E-state index contributed by atoms with van der Waals surface area (Å²) in [5.74, 6) is -0.443. The number of benzene rings is 2. The quantitative estimate of drug-likeness (QED) is 0.278. The molecule has 42 heavy (non-hydrogen) atoms. The van der Waals surface area contributed by atoms with E-state index in [1.165, 1.54) is 17.3 Å². The largest absolute Gasteiger partial charge is 0.416 e. The molecule has 0 aliphatic carbocycles. The SMILES string of the molecule is Cl.Cl.Cl.O=C(c1cc(Cl)cc(C(F)(F)F)c1)N1CCN(CCN2CCc3ncccc3C2)C[C@H]1Cc1ccc(Cl)cc1. The van der Waals surface area contributed by atoms with Crippen molar-refractivity contribution in [2.45, 2.75) is 31.6 Å². The first-order chi connectivity index (χ1) is 18.7. The highest BCUT2D eigenvalue weighted by atomic mass is 35.5. The van der Waals surface area contributed by atoms with Gasteiger partial charge in [-0.3, -0.25) is 19.6 Å².